The summed E-state index contributed by atoms with van der Waals surface area (Å²) in [7, 11) is 0. The van der Waals surface area contributed by atoms with Crippen molar-refractivity contribution in [2.75, 3.05) is 13.1 Å². The number of benzene rings is 3. The summed E-state index contributed by atoms with van der Waals surface area (Å²) in [5, 5.41) is 0.776. The van der Waals surface area contributed by atoms with Gasteiger partial charge in [0.15, 0.2) is 0 Å². The average molecular weight is 486 g/mol. The molecule has 1 amide bonds. The van der Waals surface area contributed by atoms with Crippen molar-refractivity contribution >= 4 is 17.5 Å². The zero-order chi connectivity index (χ0) is 24.5. The van der Waals surface area contributed by atoms with Crippen LogP contribution in [0.1, 0.15) is 27.0 Å². The quantitative estimate of drug-likeness (QED) is 0.286. The largest absolute Gasteiger partial charge is 0.439 e. The normalized spacial score (nSPS) is 10.9. The summed E-state index contributed by atoms with van der Waals surface area (Å²) in [6, 6.07) is 29.9. The highest BCUT2D eigenvalue weighted by Crippen LogP contribution is 2.20. The highest BCUT2D eigenvalue weighted by molar-refractivity contribution is 6.30. The number of nitrogens with zero attached hydrogens (tertiary/aromatic N) is 2. The van der Waals surface area contributed by atoms with Crippen molar-refractivity contribution in [3.05, 3.63) is 124 Å². The molecule has 35 heavy (non-hydrogen) atoms. The highest BCUT2D eigenvalue weighted by atomic mass is 35.5. The van der Waals surface area contributed by atoms with Crippen LogP contribution >= 0.6 is 11.6 Å². The van der Waals surface area contributed by atoms with Crippen LogP contribution in [-0.4, -0.2) is 28.9 Å². The van der Waals surface area contributed by atoms with Crippen molar-refractivity contribution in [2.45, 2.75) is 19.4 Å². The molecule has 5 nitrogen and oxygen atoms in total. The maximum atomic E-state index is 11.2. The number of carbonyl (C=O) groups is 1. The van der Waals surface area contributed by atoms with Gasteiger partial charge in [0.2, 0.25) is 11.8 Å². The minimum atomic E-state index is -0.512. The predicted octanol–water partition coefficient (Wildman–Crippen LogP) is 5.91. The summed E-state index contributed by atoms with van der Waals surface area (Å²) >= 11 is 6.17. The number of hydrogen-bond acceptors (Lipinski definition) is 4. The Morgan fingerprint density at radius 1 is 0.829 bits per heavy atom. The summed E-state index contributed by atoms with van der Waals surface area (Å²) in [6.07, 6.45) is 3.28. The first-order valence-corrected chi connectivity index (χ1v) is 12.0. The number of rotatable bonds is 11. The Balaban J connectivity index is 1.35. The van der Waals surface area contributed by atoms with Crippen molar-refractivity contribution in [3.63, 3.8) is 0 Å². The van der Waals surface area contributed by atoms with Gasteiger partial charge >= 0.3 is 0 Å². The van der Waals surface area contributed by atoms with Crippen LogP contribution in [0.2, 0.25) is 5.02 Å². The average Bonchev–Trinajstić information content (AvgIpc) is 2.87. The molecule has 1 aromatic heterocycles. The zero-order valence-electron chi connectivity index (χ0n) is 19.4. The van der Waals surface area contributed by atoms with Gasteiger partial charge in [-0.25, -0.2) is 4.98 Å². The van der Waals surface area contributed by atoms with Gasteiger partial charge in [0.25, 0.3) is 0 Å². The van der Waals surface area contributed by atoms with Crippen molar-refractivity contribution in [1.29, 1.82) is 0 Å². The van der Waals surface area contributed by atoms with E-state index in [1.807, 2.05) is 36.4 Å². The summed E-state index contributed by atoms with van der Waals surface area (Å²) in [5.74, 6) is 0.593. The van der Waals surface area contributed by atoms with E-state index >= 15 is 0 Å². The van der Waals surface area contributed by atoms with E-state index in [9.17, 15) is 4.79 Å². The second-order valence-corrected chi connectivity index (χ2v) is 8.82. The number of aromatic nitrogens is 1. The lowest BCUT2D eigenvalue weighted by Gasteiger charge is -2.23. The summed E-state index contributed by atoms with van der Waals surface area (Å²) in [6.45, 7) is 2.78. The molecule has 0 fully saturated rings. The minimum absolute atomic E-state index is 0.350. The standard InChI is InChI=1S/C29H28ClN3O2/c30-26-8-4-7-23(19-26)16-18-33(21-24-5-2-1-3-6-24)17-15-22-9-12-27(13-10-22)35-28-14-11-25(20-32-28)29(31)34/h1-14,19-20H,15-18,21H2,(H2,31,34). The van der Waals surface area contributed by atoms with Crippen molar-refractivity contribution < 1.29 is 9.53 Å². The Labute approximate surface area is 211 Å². The topological polar surface area (TPSA) is 68.5 Å². The number of amides is 1. The van der Waals surface area contributed by atoms with Crippen molar-refractivity contribution in [1.82, 2.24) is 9.88 Å². The van der Waals surface area contributed by atoms with Gasteiger partial charge in [0, 0.05) is 36.9 Å². The van der Waals surface area contributed by atoms with E-state index in [2.05, 4.69) is 52.3 Å². The van der Waals surface area contributed by atoms with Gasteiger partial charge in [-0.05, 0) is 59.9 Å². The lowest BCUT2D eigenvalue weighted by Crippen LogP contribution is -2.28. The first kappa shape index (κ1) is 24.5. The third-order valence-electron chi connectivity index (χ3n) is 5.74. The molecular formula is C29H28ClN3O2. The van der Waals surface area contributed by atoms with Gasteiger partial charge in [-0.15, -0.1) is 0 Å². The van der Waals surface area contributed by atoms with E-state index in [4.69, 9.17) is 22.1 Å². The van der Waals surface area contributed by atoms with Crippen LogP contribution in [0.15, 0.2) is 97.2 Å². The smallest absolute Gasteiger partial charge is 0.250 e. The van der Waals surface area contributed by atoms with E-state index in [1.165, 1.54) is 22.9 Å². The summed E-state index contributed by atoms with van der Waals surface area (Å²) in [5.41, 5.74) is 9.38. The molecule has 0 bridgehead atoms. The maximum absolute atomic E-state index is 11.2. The Hall–Kier alpha value is -3.67. The number of nitrogens with two attached hydrogens (primary N) is 1. The Morgan fingerprint density at radius 3 is 2.20 bits per heavy atom. The molecule has 0 saturated carbocycles. The molecule has 0 radical (unpaired) electrons. The second kappa shape index (κ2) is 12.2. The third-order valence-corrected chi connectivity index (χ3v) is 5.97. The molecule has 0 aliphatic rings. The molecule has 1 heterocycles. The number of halogens is 1. The maximum Gasteiger partial charge on any atom is 0.250 e. The fourth-order valence-electron chi connectivity index (χ4n) is 3.81. The van der Waals surface area contributed by atoms with Crippen LogP contribution in [0.4, 0.5) is 0 Å². The van der Waals surface area contributed by atoms with Crippen molar-refractivity contribution in [2.24, 2.45) is 5.73 Å². The van der Waals surface area contributed by atoms with E-state index in [0.717, 1.165) is 37.5 Å². The van der Waals surface area contributed by atoms with E-state index in [1.54, 1.807) is 12.1 Å². The van der Waals surface area contributed by atoms with Crippen LogP contribution in [0.3, 0.4) is 0 Å². The van der Waals surface area contributed by atoms with Crippen LogP contribution < -0.4 is 10.5 Å². The molecule has 0 aliphatic carbocycles. The number of pyridine rings is 1. The van der Waals surface area contributed by atoms with Gasteiger partial charge in [-0.1, -0.05) is 66.2 Å². The zero-order valence-corrected chi connectivity index (χ0v) is 20.2. The Bertz CT molecular complexity index is 1230. The molecule has 0 unspecified atom stereocenters. The van der Waals surface area contributed by atoms with Crippen LogP contribution in [0, 0.1) is 0 Å². The summed E-state index contributed by atoms with van der Waals surface area (Å²) in [4.78, 5) is 17.8. The molecule has 4 aromatic rings. The molecule has 0 aliphatic heterocycles. The second-order valence-electron chi connectivity index (χ2n) is 8.39. The molecule has 6 heteroatoms. The van der Waals surface area contributed by atoms with Crippen LogP contribution in [-0.2, 0) is 19.4 Å². The van der Waals surface area contributed by atoms with E-state index in [-0.39, 0.29) is 0 Å². The Morgan fingerprint density at radius 2 is 1.54 bits per heavy atom. The summed E-state index contributed by atoms with van der Waals surface area (Å²) < 4.78 is 5.79. The fraction of sp³-hybridized carbons (Fsp3) is 0.172. The fourth-order valence-corrected chi connectivity index (χ4v) is 4.02. The lowest BCUT2D eigenvalue weighted by atomic mass is 10.1. The number of primary amides is 1. The molecule has 0 saturated heterocycles. The molecule has 3 aromatic carbocycles. The van der Waals surface area contributed by atoms with Gasteiger partial charge in [-0.2, -0.15) is 0 Å². The van der Waals surface area contributed by atoms with E-state index < -0.39 is 5.91 Å². The van der Waals surface area contributed by atoms with Crippen LogP contribution in [0.25, 0.3) is 0 Å². The third kappa shape index (κ3) is 7.67. The first-order valence-electron chi connectivity index (χ1n) is 11.6. The Kier molecular flexibility index (Phi) is 8.49. The van der Waals surface area contributed by atoms with Gasteiger partial charge in [0.1, 0.15) is 5.75 Å². The number of hydrogen-bond donors (Lipinski definition) is 1. The number of carbonyl (C=O) groups excluding carboxylic acids is 1. The first-order chi connectivity index (χ1) is 17.0. The van der Waals surface area contributed by atoms with Gasteiger partial charge < -0.3 is 10.5 Å². The predicted molar refractivity (Wildman–Crippen MR) is 140 cm³/mol. The van der Waals surface area contributed by atoms with E-state index in [0.29, 0.717) is 17.2 Å². The highest BCUT2D eigenvalue weighted by Gasteiger charge is 2.09. The molecule has 178 valence electrons. The van der Waals surface area contributed by atoms with Gasteiger partial charge in [-0.3, -0.25) is 9.69 Å². The minimum Gasteiger partial charge on any atom is -0.439 e. The molecule has 2 N–H and O–H groups in total. The molecule has 0 spiro atoms. The van der Waals surface area contributed by atoms with Crippen molar-refractivity contribution in [3.8, 4) is 11.6 Å². The lowest BCUT2D eigenvalue weighted by molar-refractivity contribution is 0.1000. The number of ether oxygens (including phenoxy) is 1. The molecule has 0 atom stereocenters. The monoisotopic (exact) mass is 485 g/mol. The molecule has 4 rings (SSSR count). The molecular weight excluding hydrogens is 458 g/mol. The van der Waals surface area contributed by atoms with Gasteiger partial charge in [0.05, 0.1) is 5.56 Å². The SMILES string of the molecule is NC(=O)c1ccc(Oc2ccc(CCN(CCc3cccc(Cl)c3)Cc3ccccc3)cc2)nc1. The van der Waals surface area contributed by atoms with Crippen LogP contribution in [0.5, 0.6) is 11.6 Å².